The third-order valence-electron chi connectivity index (χ3n) is 13.1. The molecule has 1 saturated carbocycles. The van der Waals surface area contributed by atoms with Gasteiger partial charge < -0.3 is 19.5 Å². The summed E-state index contributed by atoms with van der Waals surface area (Å²) < 4.78 is 12.1. The molecule has 0 radical (unpaired) electrons. The van der Waals surface area contributed by atoms with E-state index in [0.29, 0.717) is 6.61 Å². The van der Waals surface area contributed by atoms with Gasteiger partial charge in [-0.3, -0.25) is 9.59 Å². The fourth-order valence-corrected chi connectivity index (χ4v) is 8.72. The largest absolute Gasteiger partial charge is 0.465 e. The molecule has 0 aromatic heterocycles. The highest BCUT2D eigenvalue weighted by Crippen LogP contribution is 2.47. The van der Waals surface area contributed by atoms with Crippen molar-refractivity contribution in [1.82, 2.24) is 4.90 Å². The van der Waals surface area contributed by atoms with E-state index in [1.54, 1.807) is 0 Å². The molecule has 0 atom stereocenters. The van der Waals surface area contributed by atoms with E-state index in [2.05, 4.69) is 25.7 Å². The van der Waals surface area contributed by atoms with Crippen molar-refractivity contribution in [2.45, 2.75) is 272 Å². The van der Waals surface area contributed by atoms with E-state index in [1.807, 2.05) is 13.8 Å². The standard InChI is InChI=1S/C51H99NO5/c1-6-9-12-15-18-25-34-46-56-48(54)50(4,5)38-28-21-23-30-42-52(44-32-33-45-53)43-31-24-22-29-39-51(40-35-41-51)49(55)57-47(36-26-19-16-13-10-7-2)37-27-20-17-14-11-8-3/h47,53H,6-46H2,1-5H3. The van der Waals surface area contributed by atoms with Crippen LogP contribution in [0.15, 0.2) is 0 Å². The summed E-state index contributed by atoms with van der Waals surface area (Å²) in [6.07, 6.45) is 42.6. The van der Waals surface area contributed by atoms with Crippen molar-refractivity contribution in [3.8, 4) is 0 Å². The molecule has 6 heteroatoms. The normalized spacial score (nSPS) is 14.0. The van der Waals surface area contributed by atoms with Crippen LogP contribution in [-0.4, -0.2) is 60.9 Å². The van der Waals surface area contributed by atoms with E-state index in [0.717, 1.165) is 103 Å². The van der Waals surface area contributed by atoms with Crippen LogP contribution in [0.3, 0.4) is 0 Å². The van der Waals surface area contributed by atoms with Gasteiger partial charge in [-0.2, -0.15) is 0 Å². The molecule has 0 aromatic carbocycles. The maximum atomic E-state index is 13.7. The van der Waals surface area contributed by atoms with Gasteiger partial charge in [0.2, 0.25) is 0 Å². The maximum Gasteiger partial charge on any atom is 0.312 e. The van der Waals surface area contributed by atoms with E-state index >= 15 is 0 Å². The molecule has 1 fully saturated rings. The number of carbonyl (C=O) groups is 2. The molecule has 1 aliphatic carbocycles. The van der Waals surface area contributed by atoms with Crippen LogP contribution in [0, 0.1) is 10.8 Å². The smallest absolute Gasteiger partial charge is 0.312 e. The van der Waals surface area contributed by atoms with Crippen molar-refractivity contribution in [3.05, 3.63) is 0 Å². The van der Waals surface area contributed by atoms with Crippen molar-refractivity contribution in [3.63, 3.8) is 0 Å². The number of nitrogens with zero attached hydrogens (tertiary/aromatic N) is 1. The first-order valence-electron chi connectivity index (χ1n) is 25.5. The zero-order chi connectivity index (χ0) is 41.7. The van der Waals surface area contributed by atoms with Gasteiger partial charge in [-0.05, 0) is 117 Å². The monoisotopic (exact) mass is 806 g/mol. The lowest BCUT2D eigenvalue weighted by atomic mass is 9.66. The first kappa shape index (κ1) is 53.9. The lowest BCUT2D eigenvalue weighted by molar-refractivity contribution is -0.169. The highest BCUT2D eigenvalue weighted by molar-refractivity contribution is 5.78. The van der Waals surface area contributed by atoms with Gasteiger partial charge in [0, 0.05) is 6.61 Å². The van der Waals surface area contributed by atoms with Gasteiger partial charge in [0.15, 0.2) is 0 Å². The van der Waals surface area contributed by atoms with Crippen LogP contribution in [-0.2, 0) is 19.1 Å². The van der Waals surface area contributed by atoms with Crippen LogP contribution in [0.25, 0.3) is 0 Å². The maximum absolute atomic E-state index is 13.7. The van der Waals surface area contributed by atoms with E-state index in [-0.39, 0.29) is 30.1 Å². The number of aliphatic hydroxyl groups excluding tert-OH is 1. The Kier molecular flexibility index (Phi) is 34.7. The number of esters is 2. The topological polar surface area (TPSA) is 76.1 Å². The second-order valence-electron chi connectivity index (χ2n) is 19.0. The SMILES string of the molecule is CCCCCCCCCOC(=O)C(C)(C)CCCCCCN(CCCCO)CCCCCCC1(C(=O)OC(CCCCCCCC)CCCCCCCC)CCC1. The average molecular weight is 806 g/mol. The molecule has 1 aliphatic rings. The average Bonchev–Trinajstić information content (AvgIpc) is 3.18. The minimum atomic E-state index is -0.404. The summed E-state index contributed by atoms with van der Waals surface area (Å²) in [5.74, 6) is 0.102. The van der Waals surface area contributed by atoms with Crippen LogP contribution in [0.1, 0.15) is 266 Å². The van der Waals surface area contributed by atoms with Crippen LogP contribution in [0.4, 0.5) is 0 Å². The molecule has 0 spiro atoms. The van der Waals surface area contributed by atoms with Gasteiger partial charge in [-0.25, -0.2) is 0 Å². The third kappa shape index (κ3) is 28.1. The summed E-state index contributed by atoms with van der Waals surface area (Å²) >= 11 is 0. The van der Waals surface area contributed by atoms with E-state index < -0.39 is 5.41 Å². The van der Waals surface area contributed by atoms with Crippen LogP contribution >= 0.6 is 0 Å². The Bertz CT molecular complexity index is 901. The third-order valence-corrected chi connectivity index (χ3v) is 13.1. The summed E-state index contributed by atoms with van der Waals surface area (Å²) in [5, 5.41) is 9.38. The predicted molar refractivity (Wildman–Crippen MR) is 244 cm³/mol. The number of hydrogen-bond acceptors (Lipinski definition) is 6. The molecule has 0 aromatic rings. The Balaban J connectivity index is 2.38. The Labute approximate surface area is 355 Å². The van der Waals surface area contributed by atoms with E-state index in [4.69, 9.17) is 9.47 Å². The van der Waals surface area contributed by atoms with Crippen LogP contribution in [0.2, 0.25) is 0 Å². The number of aliphatic hydroxyl groups is 1. The van der Waals surface area contributed by atoms with Crippen LogP contribution in [0.5, 0.6) is 0 Å². The zero-order valence-electron chi connectivity index (χ0n) is 39.1. The Morgan fingerprint density at radius 1 is 0.579 bits per heavy atom. The first-order valence-corrected chi connectivity index (χ1v) is 25.5. The molecule has 0 amide bonds. The second kappa shape index (κ2) is 36.7. The molecule has 0 saturated heterocycles. The Morgan fingerprint density at radius 2 is 1.02 bits per heavy atom. The van der Waals surface area contributed by atoms with Gasteiger partial charge in [0.05, 0.1) is 17.4 Å². The summed E-state index contributed by atoms with van der Waals surface area (Å²) in [7, 11) is 0. The highest BCUT2D eigenvalue weighted by Gasteiger charge is 2.45. The number of hydrogen-bond donors (Lipinski definition) is 1. The molecule has 1 rings (SSSR count). The fraction of sp³-hybridized carbons (Fsp3) is 0.961. The number of unbranched alkanes of at least 4 members (excludes halogenated alkanes) is 23. The minimum Gasteiger partial charge on any atom is -0.465 e. The Morgan fingerprint density at radius 3 is 1.51 bits per heavy atom. The lowest BCUT2D eigenvalue weighted by Crippen LogP contribution is -2.41. The van der Waals surface area contributed by atoms with Gasteiger partial charge in [-0.1, -0.05) is 168 Å². The Hall–Kier alpha value is -1.14. The number of carbonyl (C=O) groups excluding carboxylic acids is 2. The van der Waals surface area contributed by atoms with E-state index in [1.165, 1.54) is 148 Å². The molecule has 0 unspecified atom stereocenters. The predicted octanol–water partition coefficient (Wildman–Crippen LogP) is 14.9. The quantitative estimate of drug-likeness (QED) is 0.0489. The molecule has 6 nitrogen and oxygen atoms in total. The van der Waals surface area contributed by atoms with Crippen molar-refractivity contribution in [1.29, 1.82) is 0 Å². The van der Waals surface area contributed by atoms with Crippen molar-refractivity contribution in [2.24, 2.45) is 10.8 Å². The van der Waals surface area contributed by atoms with Crippen molar-refractivity contribution >= 4 is 11.9 Å². The van der Waals surface area contributed by atoms with Crippen molar-refractivity contribution in [2.75, 3.05) is 32.8 Å². The number of ether oxygens (including phenoxy) is 2. The molecular formula is C51H99NO5. The summed E-state index contributed by atoms with van der Waals surface area (Å²) in [6.45, 7) is 15.0. The van der Waals surface area contributed by atoms with Gasteiger partial charge in [-0.15, -0.1) is 0 Å². The van der Waals surface area contributed by atoms with Crippen molar-refractivity contribution < 1.29 is 24.2 Å². The molecule has 57 heavy (non-hydrogen) atoms. The molecular weight excluding hydrogens is 707 g/mol. The zero-order valence-corrected chi connectivity index (χ0v) is 39.1. The second-order valence-corrected chi connectivity index (χ2v) is 19.0. The summed E-state index contributed by atoms with van der Waals surface area (Å²) in [4.78, 5) is 29.1. The van der Waals surface area contributed by atoms with Gasteiger partial charge >= 0.3 is 11.9 Å². The first-order chi connectivity index (χ1) is 27.7. The molecule has 0 bridgehead atoms. The lowest BCUT2D eigenvalue weighted by Gasteiger charge is -2.40. The van der Waals surface area contributed by atoms with Gasteiger partial charge in [0.25, 0.3) is 0 Å². The highest BCUT2D eigenvalue weighted by atomic mass is 16.5. The number of rotatable bonds is 43. The fourth-order valence-electron chi connectivity index (χ4n) is 8.72. The van der Waals surface area contributed by atoms with Crippen LogP contribution < -0.4 is 0 Å². The van der Waals surface area contributed by atoms with E-state index in [9.17, 15) is 14.7 Å². The summed E-state index contributed by atoms with van der Waals surface area (Å²) in [6, 6.07) is 0. The molecule has 1 N–H and O–H groups in total. The molecule has 0 heterocycles. The molecule has 0 aliphatic heterocycles. The minimum absolute atomic E-state index is 0.0300. The van der Waals surface area contributed by atoms with Gasteiger partial charge in [0.1, 0.15) is 6.10 Å². The molecule has 338 valence electrons. The summed E-state index contributed by atoms with van der Waals surface area (Å²) in [5.41, 5.74) is -0.613.